The highest BCUT2D eigenvalue weighted by atomic mass is 35.5. The van der Waals surface area contributed by atoms with Crippen LogP contribution in [-0.2, 0) is 17.6 Å². The molecule has 0 amide bonds. The van der Waals surface area contributed by atoms with Gasteiger partial charge < -0.3 is 9.84 Å². The molecule has 0 saturated heterocycles. The smallest absolute Gasteiger partial charge is 0.307 e. The van der Waals surface area contributed by atoms with Crippen molar-refractivity contribution in [1.82, 2.24) is 0 Å². The van der Waals surface area contributed by atoms with E-state index >= 15 is 0 Å². The Kier molecular flexibility index (Phi) is 3.97. The molecule has 15 heavy (non-hydrogen) atoms. The number of aliphatic carboxylic acids is 1. The Bertz CT molecular complexity index is 349. The molecule has 1 aromatic carbocycles. The van der Waals surface area contributed by atoms with Gasteiger partial charge in [0.25, 0.3) is 0 Å². The molecular formula is C11H13ClO3. The Labute approximate surface area is 93.6 Å². The minimum Gasteiger partial charge on any atom is -0.496 e. The number of aryl methyl sites for hydroxylation is 1. The monoisotopic (exact) mass is 228 g/mol. The lowest BCUT2D eigenvalue weighted by Crippen LogP contribution is -2.05. The van der Waals surface area contributed by atoms with Crippen molar-refractivity contribution in [3.63, 3.8) is 0 Å². The molecule has 0 aliphatic carbocycles. The van der Waals surface area contributed by atoms with Crippen LogP contribution in [0, 0.1) is 0 Å². The Morgan fingerprint density at radius 2 is 2.20 bits per heavy atom. The van der Waals surface area contributed by atoms with E-state index < -0.39 is 5.97 Å². The SMILES string of the molecule is CCc1cc(Cl)cc(OC)c1CC(=O)O. The van der Waals surface area contributed by atoms with Crippen LogP contribution in [0.1, 0.15) is 18.1 Å². The van der Waals surface area contributed by atoms with Crippen molar-refractivity contribution in [2.24, 2.45) is 0 Å². The number of carbonyl (C=O) groups is 1. The normalized spacial score (nSPS) is 10.1. The van der Waals surface area contributed by atoms with E-state index in [4.69, 9.17) is 21.4 Å². The second-order valence-corrected chi connectivity index (χ2v) is 3.61. The fourth-order valence-electron chi connectivity index (χ4n) is 1.52. The standard InChI is InChI=1S/C11H13ClO3/c1-3-7-4-8(12)5-10(15-2)9(7)6-11(13)14/h4-5H,3,6H2,1-2H3,(H,13,14). The molecule has 3 nitrogen and oxygen atoms in total. The predicted octanol–water partition coefficient (Wildman–Crippen LogP) is 2.54. The first-order chi connectivity index (χ1) is 7.08. The minimum absolute atomic E-state index is 0.0382. The van der Waals surface area contributed by atoms with Crippen LogP contribution in [0.2, 0.25) is 5.02 Å². The molecule has 1 N–H and O–H groups in total. The Balaban J connectivity index is 3.23. The molecule has 1 rings (SSSR count). The average Bonchev–Trinajstić information content (AvgIpc) is 2.19. The number of methoxy groups -OCH3 is 1. The average molecular weight is 229 g/mol. The molecule has 0 heterocycles. The minimum atomic E-state index is -0.870. The van der Waals surface area contributed by atoms with Gasteiger partial charge in [0.05, 0.1) is 13.5 Å². The summed E-state index contributed by atoms with van der Waals surface area (Å²) in [5.41, 5.74) is 1.62. The summed E-state index contributed by atoms with van der Waals surface area (Å²) in [6, 6.07) is 3.42. The number of ether oxygens (including phenoxy) is 1. The highest BCUT2D eigenvalue weighted by Gasteiger charge is 2.13. The molecule has 0 spiro atoms. The van der Waals surface area contributed by atoms with Crippen molar-refractivity contribution >= 4 is 17.6 Å². The van der Waals surface area contributed by atoms with Crippen molar-refractivity contribution in [2.75, 3.05) is 7.11 Å². The van der Waals surface area contributed by atoms with Crippen molar-refractivity contribution in [1.29, 1.82) is 0 Å². The van der Waals surface area contributed by atoms with Crippen molar-refractivity contribution in [2.45, 2.75) is 19.8 Å². The summed E-state index contributed by atoms with van der Waals surface area (Å²) in [5.74, 6) is -0.327. The summed E-state index contributed by atoms with van der Waals surface area (Å²) in [6.45, 7) is 1.95. The zero-order chi connectivity index (χ0) is 11.4. The fourth-order valence-corrected chi connectivity index (χ4v) is 1.75. The second-order valence-electron chi connectivity index (χ2n) is 3.17. The predicted molar refractivity (Wildman–Crippen MR) is 58.7 cm³/mol. The summed E-state index contributed by atoms with van der Waals surface area (Å²) >= 11 is 5.89. The van der Waals surface area contributed by atoms with Crippen molar-refractivity contribution < 1.29 is 14.6 Å². The molecule has 0 saturated carbocycles. The molecule has 4 heteroatoms. The van der Waals surface area contributed by atoms with Gasteiger partial charge in [-0.1, -0.05) is 18.5 Å². The van der Waals surface area contributed by atoms with E-state index in [9.17, 15) is 4.79 Å². The van der Waals surface area contributed by atoms with Gasteiger partial charge in [-0.25, -0.2) is 0 Å². The maximum atomic E-state index is 10.7. The summed E-state index contributed by atoms with van der Waals surface area (Å²) in [7, 11) is 1.51. The molecule has 1 aromatic rings. The first kappa shape index (κ1) is 11.9. The van der Waals surface area contributed by atoms with Crippen LogP contribution >= 0.6 is 11.6 Å². The van der Waals surface area contributed by atoms with E-state index in [-0.39, 0.29) is 6.42 Å². The third-order valence-corrected chi connectivity index (χ3v) is 2.41. The summed E-state index contributed by atoms with van der Waals surface area (Å²) in [5, 5.41) is 9.36. The number of rotatable bonds is 4. The van der Waals surface area contributed by atoms with Gasteiger partial charge >= 0.3 is 5.97 Å². The zero-order valence-electron chi connectivity index (χ0n) is 8.71. The highest BCUT2D eigenvalue weighted by molar-refractivity contribution is 6.30. The third kappa shape index (κ3) is 2.86. The number of hydrogen-bond acceptors (Lipinski definition) is 2. The second kappa shape index (κ2) is 5.03. The summed E-state index contributed by atoms with van der Waals surface area (Å²) in [6.07, 6.45) is 0.697. The number of carboxylic acids is 1. The Hall–Kier alpha value is -1.22. The van der Waals surface area contributed by atoms with Crippen LogP contribution in [0.15, 0.2) is 12.1 Å². The van der Waals surface area contributed by atoms with Crippen LogP contribution < -0.4 is 4.74 Å². The highest BCUT2D eigenvalue weighted by Crippen LogP contribution is 2.28. The molecule has 82 valence electrons. The van der Waals surface area contributed by atoms with Crippen LogP contribution in [-0.4, -0.2) is 18.2 Å². The Morgan fingerprint density at radius 1 is 1.53 bits per heavy atom. The quantitative estimate of drug-likeness (QED) is 0.862. The van der Waals surface area contributed by atoms with Crippen molar-refractivity contribution in [3.8, 4) is 5.75 Å². The van der Waals surface area contributed by atoms with Gasteiger partial charge in [-0.05, 0) is 24.1 Å². The van der Waals surface area contributed by atoms with Crippen LogP contribution in [0.4, 0.5) is 0 Å². The number of hydrogen-bond donors (Lipinski definition) is 1. The van der Waals surface area contributed by atoms with E-state index in [0.29, 0.717) is 16.3 Å². The molecular weight excluding hydrogens is 216 g/mol. The summed E-state index contributed by atoms with van der Waals surface area (Å²) in [4.78, 5) is 10.7. The molecule has 0 fully saturated rings. The zero-order valence-corrected chi connectivity index (χ0v) is 9.47. The van der Waals surface area contributed by atoms with E-state index in [1.165, 1.54) is 7.11 Å². The van der Waals surface area contributed by atoms with Crippen LogP contribution in [0.3, 0.4) is 0 Å². The van der Waals surface area contributed by atoms with E-state index in [0.717, 1.165) is 12.0 Å². The van der Waals surface area contributed by atoms with Gasteiger partial charge in [0.2, 0.25) is 0 Å². The van der Waals surface area contributed by atoms with Crippen molar-refractivity contribution in [3.05, 3.63) is 28.3 Å². The first-order valence-electron chi connectivity index (χ1n) is 4.65. The van der Waals surface area contributed by atoms with Gasteiger partial charge in [0.15, 0.2) is 0 Å². The first-order valence-corrected chi connectivity index (χ1v) is 5.03. The Morgan fingerprint density at radius 3 is 2.67 bits per heavy atom. The fraction of sp³-hybridized carbons (Fsp3) is 0.364. The van der Waals surface area contributed by atoms with E-state index in [1.54, 1.807) is 12.1 Å². The van der Waals surface area contributed by atoms with Crippen LogP contribution in [0.25, 0.3) is 0 Å². The number of halogens is 1. The topological polar surface area (TPSA) is 46.5 Å². The molecule has 0 unspecified atom stereocenters. The number of carboxylic acid groups (broad SMARTS) is 1. The molecule has 0 aromatic heterocycles. The lowest BCUT2D eigenvalue weighted by atomic mass is 10.0. The van der Waals surface area contributed by atoms with Gasteiger partial charge in [0, 0.05) is 10.6 Å². The van der Waals surface area contributed by atoms with E-state index in [1.807, 2.05) is 6.92 Å². The van der Waals surface area contributed by atoms with Crippen LogP contribution in [0.5, 0.6) is 5.75 Å². The lowest BCUT2D eigenvalue weighted by molar-refractivity contribution is -0.136. The largest absolute Gasteiger partial charge is 0.496 e. The lowest BCUT2D eigenvalue weighted by Gasteiger charge is -2.12. The van der Waals surface area contributed by atoms with Gasteiger partial charge in [0.1, 0.15) is 5.75 Å². The molecule has 0 aliphatic heterocycles. The summed E-state index contributed by atoms with van der Waals surface area (Å²) < 4.78 is 5.12. The molecule has 0 bridgehead atoms. The van der Waals surface area contributed by atoms with Gasteiger partial charge in [-0.15, -0.1) is 0 Å². The van der Waals surface area contributed by atoms with Gasteiger partial charge in [-0.3, -0.25) is 4.79 Å². The maximum Gasteiger partial charge on any atom is 0.307 e. The molecule has 0 atom stereocenters. The van der Waals surface area contributed by atoms with E-state index in [2.05, 4.69) is 0 Å². The molecule has 0 aliphatic rings. The maximum absolute atomic E-state index is 10.7. The number of benzene rings is 1. The molecule has 0 radical (unpaired) electrons. The third-order valence-electron chi connectivity index (χ3n) is 2.19. The van der Waals surface area contributed by atoms with Gasteiger partial charge in [-0.2, -0.15) is 0 Å².